The first-order valence-corrected chi connectivity index (χ1v) is 14.1. The van der Waals surface area contributed by atoms with E-state index in [2.05, 4.69) is 79.7 Å². The number of hydrogen-bond donors (Lipinski definition) is 0. The molecule has 0 heterocycles. The molecule has 4 aliphatic carbocycles. The van der Waals surface area contributed by atoms with Gasteiger partial charge in [0.15, 0.2) is 0 Å². The van der Waals surface area contributed by atoms with E-state index in [1.807, 2.05) is 36.5 Å². The molecule has 0 amide bonds. The highest BCUT2D eigenvalue weighted by molar-refractivity contribution is 6.03. The van der Waals surface area contributed by atoms with E-state index < -0.39 is 11.2 Å². The van der Waals surface area contributed by atoms with Gasteiger partial charge in [0.05, 0.1) is 11.1 Å². The first kappa shape index (κ1) is 27.4. The second-order valence-corrected chi connectivity index (χ2v) is 12.5. The minimum Gasteiger partial charge on any atom is -0.451 e. The third kappa shape index (κ3) is 4.62. The molecule has 200 valence electrons. The second-order valence-electron chi connectivity index (χ2n) is 12.5. The molecule has 0 aliphatic heterocycles. The molecule has 0 saturated carbocycles. The van der Waals surface area contributed by atoms with Gasteiger partial charge in [-0.05, 0) is 42.2 Å². The SMILES string of the molecule is CC(C)C1C=CC=CC1(OC(=O)C1=C(C(=O)OC2(C(C)C)C=CC=CC2C(C)C)C2C=CC1C2)C(C)C. The van der Waals surface area contributed by atoms with Gasteiger partial charge in [-0.25, -0.2) is 9.59 Å². The Morgan fingerprint density at radius 2 is 1.03 bits per heavy atom. The van der Waals surface area contributed by atoms with Gasteiger partial charge < -0.3 is 9.47 Å². The summed E-state index contributed by atoms with van der Waals surface area (Å²) in [5.74, 6) is -0.147. The van der Waals surface area contributed by atoms with Crippen molar-refractivity contribution in [2.24, 2.45) is 47.3 Å². The molecule has 0 fully saturated rings. The van der Waals surface area contributed by atoms with E-state index in [-0.39, 0.29) is 47.4 Å². The molecule has 6 atom stereocenters. The van der Waals surface area contributed by atoms with Crippen molar-refractivity contribution in [3.8, 4) is 0 Å². The van der Waals surface area contributed by atoms with Crippen molar-refractivity contribution in [2.75, 3.05) is 0 Å². The molecule has 2 bridgehead atoms. The lowest BCUT2D eigenvalue weighted by Crippen LogP contribution is -2.49. The van der Waals surface area contributed by atoms with E-state index >= 15 is 0 Å². The van der Waals surface area contributed by atoms with Crippen molar-refractivity contribution in [2.45, 2.75) is 73.0 Å². The number of carbonyl (C=O) groups is 2. The Labute approximate surface area is 223 Å². The molecule has 0 aromatic carbocycles. The van der Waals surface area contributed by atoms with Gasteiger partial charge in [0, 0.05) is 23.7 Å². The fourth-order valence-corrected chi connectivity index (χ4v) is 6.86. The molecule has 0 saturated heterocycles. The van der Waals surface area contributed by atoms with Crippen LogP contribution in [0.5, 0.6) is 0 Å². The Morgan fingerprint density at radius 3 is 1.35 bits per heavy atom. The van der Waals surface area contributed by atoms with E-state index in [4.69, 9.17) is 9.47 Å². The highest BCUT2D eigenvalue weighted by atomic mass is 16.6. The van der Waals surface area contributed by atoms with Gasteiger partial charge in [0.1, 0.15) is 11.2 Å². The summed E-state index contributed by atoms with van der Waals surface area (Å²) in [4.78, 5) is 27.9. The maximum absolute atomic E-state index is 14.0. The van der Waals surface area contributed by atoms with E-state index in [9.17, 15) is 9.59 Å². The summed E-state index contributed by atoms with van der Waals surface area (Å²) in [6.45, 7) is 17.0. The molecule has 0 aromatic rings. The average Bonchev–Trinajstić information content (AvgIpc) is 3.46. The monoisotopic (exact) mass is 504 g/mol. The van der Waals surface area contributed by atoms with Gasteiger partial charge in [-0.3, -0.25) is 0 Å². The molecule has 0 spiro atoms. The lowest BCUT2D eigenvalue weighted by Gasteiger charge is -2.44. The summed E-state index contributed by atoms with van der Waals surface area (Å²) >= 11 is 0. The average molecular weight is 505 g/mol. The van der Waals surface area contributed by atoms with Gasteiger partial charge in [-0.2, -0.15) is 0 Å². The fraction of sp³-hybridized carbons (Fsp3) is 0.576. The van der Waals surface area contributed by atoms with Gasteiger partial charge in [0.25, 0.3) is 0 Å². The van der Waals surface area contributed by atoms with Gasteiger partial charge in [-0.1, -0.05) is 104 Å². The minimum atomic E-state index is -0.758. The van der Waals surface area contributed by atoms with Crippen LogP contribution in [0.15, 0.2) is 71.9 Å². The van der Waals surface area contributed by atoms with E-state index in [1.54, 1.807) is 0 Å². The first-order valence-electron chi connectivity index (χ1n) is 14.1. The molecule has 6 unspecified atom stereocenters. The van der Waals surface area contributed by atoms with Crippen molar-refractivity contribution in [1.29, 1.82) is 0 Å². The van der Waals surface area contributed by atoms with Crippen molar-refractivity contribution in [1.82, 2.24) is 0 Å². The quantitative estimate of drug-likeness (QED) is 0.260. The minimum absolute atomic E-state index is 0.0572. The summed E-state index contributed by atoms with van der Waals surface area (Å²) in [5.41, 5.74) is -0.546. The van der Waals surface area contributed by atoms with Crippen LogP contribution in [0.1, 0.15) is 61.8 Å². The van der Waals surface area contributed by atoms with Crippen LogP contribution in [0.3, 0.4) is 0 Å². The summed E-state index contributed by atoms with van der Waals surface area (Å²) < 4.78 is 12.9. The predicted molar refractivity (Wildman–Crippen MR) is 148 cm³/mol. The number of esters is 2. The standard InChI is InChI=1S/C33H44O4/c1-20(2)26-13-9-11-17-32(26,22(5)6)36-30(34)28-24-15-16-25(19-24)29(28)31(35)37-33(23(7)8)18-12-10-14-27(33)21(3)4/h9-18,20-27H,19H2,1-8H3. The molecular formula is C33H44O4. The molecular weight excluding hydrogens is 460 g/mol. The second kappa shape index (κ2) is 10.3. The van der Waals surface area contributed by atoms with Gasteiger partial charge in [0.2, 0.25) is 0 Å². The molecule has 37 heavy (non-hydrogen) atoms. The Kier molecular flexibility index (Phi) is 7.61. The summed E-state index contributed by atoms with van der Waals surface area (Å²) in [7, 11) is 0. The zero-order valence-corrected chi connectivity index (χ0v) is 23.7. The highest BCUT2D eigenvalue weighted by Crippen LogP contribution is 2.49. The van der Waals surface area contributed by atoms with Gasteiger partial charge >= 0.3 is 11.9 Å². The number of fused-ring (bicyclic) bond motifs is 2. The molecule has 4 heteroatoms. The number of rotatable bonds is 8. The third-order valence-corrected chi connectivity index (χ3v) is 8.95. The van der Waals surface area contributed by atoms with Crippen molar-refractivity contribution in [3.63, 3.8) is 0 Å². The molecule has 0 aromatic heterocycles. The van der Waals surface area contributed by atoms with Crippen LogP contribution in [0.25, 0.3) is 0 Å². The van der Waals surface area contributed by atoms with Crippen molar-refractivity contribution in [3.05, 3.63) is 71.9 Å². The number of hydrogen-bond acceptors (Lipinski definition) is 4. The number of ether oxygens (including phenoxy) is 2. The van der Waals surface area contributed by atoms with E-state index in [1.165, 1.54) is 0 Å². The zero-order valence-electron chi connectivity index (χ0n) is 23.7. The van der Waals surface area contributed by atoms with E-state index in [0.717, 1.165) is 6.42 Å². The maximum Gasteiger partial charge on any atom is 0.336 e. The molecule has 4 rings (SSSR count). The lowest BCUT2D eigenvalue weighted by atomic mass is 9.70. The first-order chi connectivity index (χ1) is 17.4. The topological polar surface area (TPSA) is 52.6 Å². The molecule has 4 nitrogen and oxygen atoms in total. The Hall–Kier alpha value is -2.62. The van der Waals surface area contributed by atoms with Crippen LogP contribution >= 0.6 is 0 Å². The number of carbonyl (C=O) groups excluding carboxylic acids is 2. The number of allylic oxidation sites excluding steroid dienone is 6. The largest absolute Gasteiger partial charge is 0.451 e. The summed E-state index contributed by atoms with van der Waals surface area (Å²) in [5, 5.41) is 0. The van der Waals surface area contributed by atoms with Crippen LogP contribution in [-0.2, 0) is 19.1 Å². The van der Waals surface area contributed by atoms with Gasteiger partial charge in [-0.15, -0.1) is 0 Å². The maximum atomic E-state index is 14.0. The Balaban J connectivity index is 1.70. The molecule has 0 N–H and O–H groups in total. The zero-order chi connectivity index (χ0) is 27.1. The van der Waals surface area contributed by atoms with Crippen LogP contribution < -0.4 is 0 Å². The Bertz CT molecular complexity index is 1010. The fourth-order valence-electron chi connectivity index (χ4n) is 6.86. The van der Waals surface area contributed by atoms with Crippen molar-refractivity contribution < 1.29 is 19.1 Å². The third-order valence-electron chi connectivity index (χ3n) is 8.95. The molecule has 0 radical (unpaired) electrons. The van der Waals surface area contributed by atoms with Crippen LogP contribution in [0, 0.1) is 47.3 Å². The summed E-state index contributed by atoms with van der Waals surface area (Å²) in [6, 6.07) is 0. The smallest absolute Gasteiger partial charge is 0.336 e. The summed E-state index contributed by atoms with van der Waals surface area (Å²) in [6.07, 6.45) is 21.2. The Morgan fingerprint density at radius 1 is 0.649 bits per heavy atom. The predicted octanol–water partition coefficient (Wildman–Crippen LogP) is 7.16. The molecule has 4 aliphatic rings. The lowest BCUT2D eigenvalue weighted by molar-refractivity contribution is -0.164. The van der Waals surface area contributed by atoms with Crippen LogP contribution in [-0.4, -0.2) is 23.1 Å². The van der Waals surface area contributed by atoms with E-state index in [0.29, 0.717) is 23.0 Å². The van der Waals surface area contributed by atoms with Crippen LogP contribution in [0.2, 0.25) is 0 Å². The highest BCUT2D eigenvalue weighted by Gasteiger charge is 2.51. The van der Waals surface area contributed by atoms with Crippen LogP contribution in [0.4, 0.5) is 0 Å². The normalized spacial score (nSPS) is 34.1. The van der Waals surface area contributed by atoms with Crippen molar-refractivity contribution >= 4 is 11.9 Å².